The Morgan fingerprint density at radius 3 is 1.97 bits per heavy atom. The third-order valence-electron chi connectivity index (χ3n) is 5.35. The molecular formula is C21H21F6N7. The van der Waals surface area contributed by atoms with Gasteiger partial charge in [0, 0.05) is 49.6 Å². The highest BCUT2D eigenvalue weighted by molar-refractivity contribution is 5.66. The number of aryl methyl sites for hydroxylation is 1. The summed E-state index contributed by atoms with van der Waals surface area (Å²) in [5.74, 6) is 0.713. The van der Waals surface area contributed by atoms with Crippen LogP contribution in [0.4, 0.5) is 43.8 Å². The molecule has 1 fully saturated rings. The van der Waals surface area contributed by atoms with Crippen molar-refractivity contribution < 1.29 is 26.3 Å². The summed E-state index contributed by atoms with van der Waals surface area (Å²) in [6.07, 6.45) is -9.95. The lowest BCUT2D eigenvalue weighted by atomic mass is 10.0. The quantitative estimate of drug-likeness (QED) is 0.522. The molecule has 0 saturated carbocycles. The van der Waals surface area contributed by atoms with Crippen LogP contribution in [0.2, 0.25) is 0 Å². The molecule has 0 amide bonds. The fraction of sp³-hybridized carbons (Fsp3) is 0.381. The van der Waals surface area contributed by atoms with Gasteiger partial charge in [-0.15, -0.1) is 0 Å². The van der Waals surface area contributed by atoms with E-state index in [1.165, 1.54) is 0 Å². The molecule has 182 valence electrons. The first-order valence-electron chi connectivity index (χ1n) is 10.3. The lowest BCUT2D eigenvalue weighted by molar-refractivity contribution is -0.143. The van der Waals surface area contributed by atoms with E-state index >= 15 is 0 Å². The van der Waals surface area contributed by atoms with E-state index in [9.17, 15) is 26.3 Å². The summed E-state index contributed by atoms with van der Waals surface area (Å²) in [5.41, 5.74) is -2.49. The highest BCUT2D eigenvalue weighted by atomic mass is 19.4. The molecule has 1 aromatic carbocycles. The average Bonchev–Trinajstić information content (AvgIpc) is 3.17. The van der Waals surface area contributed by atoms with Crippen LogP contribution in [0.5, 0.6) is 0 Å². The van der Waals surface area contributed by atoms with Crippen molar-refractivity contribution in [3.63, 3.8) is 0 Å². The van der Waals surface area contributed by atoms with Crippen LogP contribution in [0.3, 0.4) is 0 Å². The molecule has 7 nitrogen and oxygen atoms in total. The van der Waals surface area contributed by atoms with E-state index in [4.69, 9.17) is 0 Å². The van der Waals surface area contributed by atoms with Crippen LogP contribution in [-0.4, -0.2) is 58.3 Å². The monoisotopic (exact) mass is 485 g/mol. The van der Waals surface area contributed by atoms with Crippen LogP contribution < -0.4 is 10.2 Å². The number of alkyl halides is 6. The number of hydrogen-bond acceptors (Lipinski definition) is 6. The summed E-state index contributed by atoms with van der Waals surface area (Å²) in [6, 6.07) is 4.61. The van der Waals surface area contributed by atoms with Crippen molar-refractivity contribution in [2.75, 3.05) is 43.4 Å². The van der Waals surface area contributed by atoms with Gasteiger partial charge in [-0.05, 0) is 32.2 Å². The second kappa shape index (κ2) is 8.78. The second-order valence-electron chi connectivity index (χ2n) is 8.08. The first kappa shape index (κ1) is 23.8. The maximum absolute atomic E-state index is 13.4. The molecule has 0 radical (unpaired) electrons. The number of nitrogens with zero attached hydrogens (tertiary/aromatic N) is 5. The number of hydrogen-bond donors (Lipinski definition) is 2. The van der Waals surface area contributed by atoms with Gasteiger partial charge in [0.05, 0.1) is 11.1 Å². The number of likely N-dealkylation sites (N-methyl/N-ethyl adjacent to an activating group) is 1. The number of rotatable bonds is 4. The van der Waals surface area contributed by atoms with Gasteiger partial charge < -0.3 is 15.1 Å². The fourth-order valence-corrected chi connectivity index (χ4v) is 3.52. The van der Waals surface area contributed by atoms with Gasteiger partial charge in [0.15, 0.2) is 11.6 Å². The summed E-state index contributed by atoms with van der Waals surface area (Å²) in [4.78, 5) is 12.6. The van der Waals surface area contributed by atoms with Gasteiger partial charge in [-0.25, -0.2) is 9.97 Å². The molecule has 0 bridgehead atoms. The first-order valence-corrected chi connectivity index (χ1v) is 10.3. The van der Waals surface area contributed by atoms with Gasteiger partial charge >= 0.3 is 12.4 Å². The molecule has 4 rings (SSSR count). The minimum absolute atomic E-state index is 0.0828. The van der Waals surface area contributed by atoms with Crippen LogP contribution in [0.25, 0.3) is 11.4 Å². The van der Waals surface area contributed by atoms with Gasteiger partial charge in [0.2, 0.25) is 0 Å². The van der Waals surface area contributed by atoms with E-state index in [-0.39, 0.29) is 23.3 Å². The van der Waals surface area contributed by atoms with Crippen LogP contribution in [0.15, 0.2) is 30.3 Å². The summed E-state index contributed by atoms with van der Waals surface area (Å²) < 4.78 is 80.3. The summed E-state index contributed by atoms with van der Waals surface area (Å²) in [6.45, 7) is 4.40. The largest absolute Gasteiger partial charge is 0.416 e. The van der Waals surface area contributed by atoms with Crippen molar-refractivity contribution >= 4 is 17.5 Å². The Kier molecular flexibility index (Phi) is 6.14. The number of H-pyrrole nitrogens is 1. The van der Waals surface area contributed by atoms with Crippen molar-refractivity contribution in [1.82, 2.24) is 25.1 Å². The minimum atomic E-state index is -4.97. The molecule has 3 aromatic rings. The van der Waals surface area contributed by atoms with Gasteiger partial charge in [0.1, 0.15) is 11.6 Å². The molecule has 1 aliphatic rings. The van der Waals surface area contributed by atoms with E-state index in [2.05, 4.69) is 30.4 Å². The van der Waals surface area contributed by atoms with Gasteiger partial charge in [-0.2, -0.15) is 31.4 Å². The van der Waals surface area contributed by atoms with E-state index in [0.29, 0.717) is 36.9 Å². The summed E-state index contributed by atoms with van der Waals surface area (Å²) >= 11 is 0. The zero-order valence-electron chi connectivity index (χ0n) is 18.2. The third-order valence-corrected chi connectivity index (χ3v) is 5.35. The van der Waals surface area contributed by atoms with E-state index < -0.39 is 23.5 Å². The maximum Gasteiger partial charge on any atom is 0.416 e. The highest BCUT2D eigenvalue weighted by Gasteiger charge is 2.37. The number of anilines is 3. The third kappa shape index (κ3) is 5.41. The fourth-order valence-electron chi connectivity index (χ4n) is 3.52. The number of halogens is 6. The molecular weight excluding hydrogens is 464 g/mol. The van der Waals surface area contributed by atoms with Crippen LogP contribution in [0, 0.1) is 6.92 Å². The molecule has 2 N–H and O–H groups in total. The molecule has 3 heterocycles. The smallest absolute Gasteiger partial charge is 0.354 e. The van der Waals surface area contributed by atoms with Gasteiger partial charge in [0.25, 0.3) is 0 Å². The molecule has 0 atom stereocenters. The predicted octanol–water partition coefficient (Wildman–Crippen LogP) is 4.71. The van der Waals surface area contributed by atoms with E-state index in [1.54, 1.807) is 19.1 Å². The maximum atomic E-state index is 13.4. The first-order chi connectivity index (χ1) is 15.9. The van der Waals surface area contributed by atoms with Crippen molar-refractivity contribution in [2.24, 2.45) is 0 Å². The number of benzene rings is 1. The van der Waals surface area contributed by atoms with E-state index in [0.717, 1.165) is 18.8 Å². The Morgan fingerprint density at radius 1 is 0.824 bits per heavy atom. The molecule has 13 heteroatoms. The van der Waals surface area contributed by atoms with Crippen molar-refractivity contribution in [3.05, 3.63) is 47.2 Å². The summed E-state index contributed by atoms with van der Waals surface area (Å²) in [7, 11) is 1.96. The second-order valence-corrected chi connectivity index (χ2v) is 8.08. The Balaban J connectivity index is 1.82. The molecule has 0 unspecified atom stereocenters. The van der Waals surface area contributed by atoms with Crippen molar-refractivity contribution in [1.29, 1.82) is 0 Å². The number of aromatic nitrogens is 4. The van der Waals surface area contributed by atoms with Crippen LogP contribution in [0.1, 0.15) is 16.8 Å². The molecule has 1 saturated heterocycles. The lowest BCUT2D eigenvalue weighted by Crippen LogP contribution is -2.44. The zero-order chi connectivity index (χ0) is 24.7. The average molecular weight is 485 g/mol. The van der Waals surface area contributed by atoms with Gasteiger partial charge in [-0.3, -0.25) is 5.10 Å². The Hall–Kier alpha value is -3.35. The number of nitrogens with one attached hydrogen (secondary N) is 2. The summed E-state index contributed by atoms with van der Waals surface area (Å²) in [5, 5.41) is 9.73. The highest BCUT2D eigenvalue weighted by Crippen LogP contribution is 2.38. The Bertz CT molecular complexity index is 1130. The van der Waals surface area contributed by atoms with Crippen molar-refractivity contribution in [3.8, 4) is 11.4 Å². The standard InChI is InChI=1S/C21H21F6N7/c1-12-7-17(32-31-12)28-16-11-18(34-5-3-33(2)4-6-34)30-19(29-16)13-8-14(20(22,23)24)10-15(9-13)21(25,26)27/h7-11H,3-6H2,1-2H3,(H2,28,29,30,31,32). The number of aromatic amines is 1. The molecule has 2 aromatic heterocycles. The van der Waals surface area contributed by atoms with Crippen LogP contribution >= 0.6 is 0 Å². The molecule has 1 aliphatic heterocycles. The molecule has 0 aliphatic carbocycles. The Morgan fingerprint density at radius 2 is 1.44 bits per heavy atom. The molecule has 34 heavy (non-hydrogen) atoms. The van der Waals surface area contributed by atoms with Crippen LogP contribution in [-0.2, 0) is 12.4 Å². The normalized spacial score (nSPS) is 15.6. The zero-order valence-corrected chi connectivity index (χ0v) is 18.2. The molecule has 0 spiro atoms. The predicted molar refractivity (Wildman–Crippen MR) is 114 cm³/mol. The van der Waals surface area contributed by atoms with Gasteiger partial charge in [-0.1, -0.05) is 0 Å². The Labute approximate surface area is 190 Å². The topological polar surface area (TPSA) is 73.0 Å². The SMILES string of the molecule is Cc1cc(Nc2cc(N3CCN(C)CC3)nc(-c3cc(C(F)(F)F)cc(C(F)(F)F)c3)n2)n[nH]1. The minimum Gasteiger partial charge on any atom is -0.354 e. The number of piperazine rings is 1. The lowest BCUT2D eigenvalue weighted by Gasteiger charge is -2.33. The van der Waals surface area contributed by atoms with E-state index in [1.807, 2.05) is 11.9 Å². The van der Waals surface area contributed by atoms with Crippen molar-refractivity contribution in [2.45, 2.75) is 19.3 Å².